The molecule has 1 heterocycles. The van der Waals surface area contributed by atoms with Crippen molar-refractivity contribution in [1.82, 2.24) is 0 Å². The lowest BCUT2D eigenvalue weighted by Gasteiger charge is -2.38. The van der Waals surface area contributed by atoms with E-state index < -0.39 is 14.9 Å². The maximum Gasteiger partial charge on any atom is 0.269 e. The van der Waals surface area contributed by atoms with Crippen LogP contribution in [0.5, 0.6) is 0 Å². The molecule has 3 atom stereocenters. The summed E-state index contributed by atoms with van der Waals surface area (Å²) in [5, 5.41) is 15.5. The first-order valence-corrected chi connectivity index (χ1v) is 12.8. The van der Waals surface area contributed by atoms with Crippen molar-refractivity contribution in [3.05, 3.63) is 104 Å². The quantitative estimate of drug-likeness (QED) is 0.228. The first-order valence-electron chi connectivity index (χ1n) is 10.5. The van der Waals surface area contributed by atoms with Crippen molar-refractivity contribution in [1.29, 1.82) is 0 Å². The molecular formula is C24H19Cl2N3O4S. The van der Waals surface area contributed by atoms with Crippen LogP contribution in [0.4, 0.5) is 17.1 Å². The number of nitrogens with zero attached hydrogens (tertiary/aromatic N) is 1. The van der Waals surface area contributed by atoms with E-state index in [0.717, 1.165) is 17.7 Å². The fraction of sp³-hybridized carbons (Fsp3) is 0.167. The minimum Gasteiger partial charge on any atom is -0.378 e. The van der Waals surface area contributed by atoms with E-state index >= 15 is 0 Å². The first-order chi connectivity index (χ1) is 16.2. The van der Waals surface area contributed by atoms with Crippen LogP contribution in [0.25, 0.3) is 0 Å². The summed E-state index contributed by atoms with van der Waals surface area (Å²) in [4.78, 5) is 11.0. The van der Waals surface area contributed by atoms with Crippen molar-refractivity contribution in [2.45, 2.75) is 23.3 Å². The van der Waals surface area contributed by atoms with Crippen LogP contribution in [0.2, 0.25) is 10.0 Å². The smallest absolute Gasteiger partial charge is 0.269 e. The Morgan fingerprint density at radius 2 is 1.79 bits per heavy atom. The van der Waals surface area contributed by atoms with Gasteiger partial charge in [0.1, 0.15) is 0 Å². The minimum atomic E-state index is -3.87. The zero-order valence-corrected chi connectivity index (χ0v) is 19.9. The van der Waals surface area contributed by atoms with Crippen molar-refractivity contribution in [2.24, 2.45) is 5.92 Å². The van der Waals surface area contributed by atoms with Gasteiger partial charge in [0.25, 0.3) is 15.7 Å². The molecule has 0 spiro atoms. The van der Waals surface area contributed by atoms with E-state index in [9.17, 15) is 18.5 Å². The summed E-state index contributed by atoms with van der Waals surface area (Å²) in [6.07, 6.45) is 4.84. The summed E-state index contributed by atoms with van der Waals surface area (Å²) in [5.74, 6) is -0.0338. The molecule has 0 amide bonds. The summed E-state index contributed by atoms with van der Waals surface area (Å²) in [7, 11) is -3.87. The Labute approximate surface area is 206 Å². The SMILES string of the molecule is O=[N+]([O-])c1ccc(Cl)c([C@H]2Nc3ccc(S(=O)(=O)Nc4ccccc4Cl)cc3[C@H]3C=CC[C@H]32)c1. The fourth-order valence-corrected chi connectivity index (χ4v) is 6.27. The van der Waals surface area contributed by atoms with Crippen LogP contribution in [0.15, 0.2) is 77.7 Å². The van der Waals surface area contributed by atoms with E-state index in [-0.39, 0.29) is 28.5 Å². The third kappa shape index (κ3) is 4.02. The highest BCUT2D eigenvalue weighted by Gasteiger charge is 2.39. The first kappa shape index (κ1) is 22.7. The zero-order chi connectivity index (χ0) is 24.0. The number of non-ortho nitro benzene ring substituents is 1. The Kier molecular flexibility index (Phi) is 5.75. The Balaban J connectivity index is 1.52. The summed E-state index contributed by atoms with van der Waals surface area (Å²) >= 11 is 12.6. The van der Waals surface area contributed by atoms with Crippen LogP contribution in [-0.4, -0.2) is 13.3 Å². The van der Waals surface area contributed by atoms with Gasteiger partial charge in [0.15, 0.2) is 0 Å². The zero-order valence-electron chi connectivity index (χ0n) is 17.6. The van der Waals surface area contributed by atoms with Gasteiger partial charge < -0.3 is 5.32 Å². The molecule has 34 heavy (non-hydrogen) atoms. The largest absolute Gasteiger partial charge is 0.378 e. The lowest BCUT2D eigenvalue weighted by molar-refractivity contribution is -0.384. The average Bonchev–Trinajstić information content (AvgIpc) is 3.30. The normalized spacial score (nSPS) is 20.8. The van der Waals surface area contributed by atoms with Gasteiger partial charge in [-0.2, -0.15) is 0 Å². The number of para-hydroxylation sites is 1. The molecule has 3 aromatic rings. The number of fused-ring (bicyclic) bond motifs is 3. The minimum absolute atomic E-state index is 0.0263. The molecule has 2 aliphatic rings. The lowest BCUT2D eigenvalue weighted by Crippen LogP contribution is -2.29. The van der Waals surface area contributed by atoms with E-state index in [2.05, 4.69) is 16.1 Å². The number of halogens is 2. The third-order valence-corrected chi connectivity index (χ3v) is 8.33. The standard InChI is InChI=1S/C24H19Cl2N3O4S/c25-20-10-8-14(29(30)31)12-19(20)24-17-5-3-4-16(17)18-13-15(9-11-22(18)27-24)34(32,33)28-23-7-2-1-6-21(23)26/h1-4,6-13,16-17,24,27-28H,5H2/t16-,17+,24-/m0/s1. The maximum atomic E-state index is 13.1. The molecule has 3 aromatic carbocycles. The molecule has 0 fully saturated rings. The number of allylic oxidation sites excluding steroid dienone is 2. The van der Waals surface area contributed by atoms with Crippen LogP contribution < -0.4 is 10.0 Å². The molecule has 7 nitrogen and oxygen atoms in total. The number of hydrogen-bond acceptors (Lipinski definition) is 5. The summed E-state index contributed by atoms with van der Waals surface area (Å²) in [6, 6.07) is 15.7. The number of nitrogens with one attached hydrogen (secondary N) is 2. The summed E-state index contributed by atoms with van der Waals surface area (Å²) in [5.41, 5.74) is 2.54. The second kappa shape index (κ2) is 8.61. The van der Waals surface area contributed by atoms with Gasteiger partial charge in [0, 0.05) is 34.3 Å². The lowest BCUT2D eigenvalue weighted by atomic mass is 9.77. The second-order valence-electron chi connectivity index (χ2n) is 8.27. The molecule has 2 N–H and O–H groups in total. The molecule has 10 heteroatoms. The molecule has 1 aliphatic carbocycles. The van der Waals surface area contributed by atoms with E-state index in [4.69, 9.17) is 23.2 Å². The fourth-order valence-electron chi connectivity index (χ4n) is 4.68. The Bertz CT molecular complexity index is 1440. The molecular weight excluding hydrogens is 497 g/mol. The highest BCUT2D eigenvalue weighted by Crippen LogP contribution is 2.51. The van der Waals surface area contributed by atoms with E-state index in [1.807, 2.05) is 6.08 Å². The number of benzene rings is 3. The van der Waals surface area contributed by atoms with Crippen molar-refractivity contribution in [2.75, 3.05) is 10.0 Å². The maximum absolute atomic E-state index is 13.1. The van der Waals surface area contributed by atoms with Crippen molar-refractivity contribution in [3.8, 4) is 0 Å². The number of nitro benzene ring substituents is 1. The van der Waals surface area contributed by atoms with Crippen LogP contribution in [0.1, 0.15) is 29.5 Å². The molecule has 0 unspecified atom stereocenters. The van der Waals surface area contributed by atoms with Gasteiger partial charge in [-0.05, 0) is 54.3 Å². The molecule has 1 aliphatic heterocycles. The predicted molar refractivity (Wildman–Crippen MR) is 133 cm³/mol. The van der Waals surface area contributed by atoms with Crippen LogP contribution in [0, 0.1) is 16.0 Å². The van der Waals surface area contributed by atoms with Gasteiger partial charge in [0.05, 0.1) is 26.6 Å². The van der Waals surface area contributed by atoms with Gasteiger partial charge in [-0.1, -0.05) is 47.5 Å². The van der Waals surface area contributed by atoms with E-state index in [1.165, 1.54) is 18.2 Å². The van der Waals surface area contributed by atoms with Crippen molar-refractivity contribution >= 4 is 50.3 Å². The van der Waals surface area contributed by atoms with Gasteiger partial charge in [-0.3, -0.25) is 14.8 Å². The Morgan fingerprint density at radius 3 is 2.56 bits per heavy atom. The van der Waals surface area contributed by atoms with Crippen molar-refractivity contribution < 1.29 is 13.3 Å². The molecule has 0 saturated heterocycles. The van der Waals surface area contributed by atoms with Crippen molar-refractivity contribution in [3.63, 3.8) is 0 Å². The summed E-state index contributed by atoms with van der Waals surface area (Å²) < 4.78 is 28.7. The molecule has 5 rings (SSSR count). The summed E-state index contributed by atoms with van der Waals surface area (Å²) in [6.45, 7) is 0. The van der Waals surface area contributed by atoms with Crippen LogP contribution in [0.3, 0.4) is 0 Å². The van der Waals surface area contributed by atoms with Gasteiger partial charge in [-0.15, -0.1) is 0 Å². The topological polar surface area (TPSA) is 101 Å². The second-order valence-corrected chi connectivity index (χ2v) is 10.8. The third-order valence-electron chi connectivity index (χ3n) is 6.29. The average molecular weight is 516 g/mol. The molecule has 0 radical (unpaired) electrons. The molecule has 0 aromatic heterocycles. The van der Waals surface area contributed by atoms with Crippen LogP contribution in [-0.2, 0) is 10.0 Å². The van der Waals surface area contributed by atoms with Crippen LogP contribution >= 0.6 is 23.2 Å². The molecule has 0 bridgehead atoms. The number of hydrogen-bond donors (Lipinski definition) is 2. The van der Waals surface area contributed by atoms with Gasteiger partial charge in [-0.25, -0.2) is 8.42 Å². The number of anilines is 2. The van der Waals surface area contributed by atoms with E-state index in [1.54, 1.807) is 42.5 Å². The van der Waals surface area contributed by atoms with Gasteiger partial charge >= 0.3 is 0 Å². The molecule has 174 valence electrons. The monoisotopic (exact) mass is 515 g/mol. The number of nitro groups is 1. The number of sulfonamides is 1. The highest BCUT2D eigenvalue weighted by atomic mass is 35.5. The van der Waals surface area contributed by atoms with E-state index in [0.29, 0.717) is 21.3 Å². The Hall–Kier alpha value is -3.07. The Morgan fingerprint density at radius 1 is 1.00 bits per heavy atom. The predicted octanol–water partition coefficient (Wildman–Crippen LogP) is 6.53. The highest BCUT2D eigenvalue weighted by molar-refractivity contribution is 7.92. The number of rotatable bonds is 5. The van der Waals surface area contributed by atoms with Gasteiger partial charge in [0.2, 0.25) is 0 Å². The molecule has 0 saturated carbocycles.